The maximum Gasteiger partial charge on any atom is 0.263 e. The molecule has 1 N–H and O–H groups in total. The van der Waals surface area contributed by atoms with Crippen molar-refractivity contribution in [3.8, 4) is 0 Å². The average molecular weight is 261 g/mol. The van der Waals surface area contributed by atoms with Crippen LogP contribution < -0.4 is 5.32 Å². The van der Waals surface area contributed by atoms with E-state index in [0.717, 1.165) is 0 Å². The summed E-state index contributed by atoms with van der Waals surface area (Å²) in [5.41, 5.74) is 1.13. The van der Waals surface area contributed by atoms with Crippen molar-refractivity contribution >= 4 is 34.7 Å². The van der Waals surface area contributed by atoms with Crippen LogP contribution in [0, 0.1) is 6.57 Å². The van der Waals surface area contributed by atoms with Crippen LogP contribution in [0.5, 0.6) is 0 Å². The number of nitrogens with zero attached hydrogens (tertiary/aromatic N) is 2. The molecule has 90 valence electrons. The summed E-state index contributed by atoms with van der Waals surface area (Å²) in [6.45, 7) is 7.25. The highest BCUT2D eigenvalue weighted by Gasteiger charge is 2.42. The Bertz CT molecular complexity index is 628. The van der Waals surface area contributed by atoms with Crippen molar-refractivity contribution in [2.75, 3.05) is 0 Å². The van der Waals surface area contributed by atoms with E-state index in [4.69, 9.17) is 6.57 Å². The number of rotatable bonds is 1. The fourth-order valence-corrected chi connectivity index (χ4v) is 3.17. The van der Waals surface area contributed by atoms with Gasteiger partial charge in [0, 0.05) is 12.1 Å². The van der Waals surface area contributed by atoms with Gasteiger partial charge in [-0.3, -0.25) is 19.7 Å². The van der Waals surface area contributed by atoms with Gasteiger partial charge < -0.3 is 4.90 Å². The largest absolute Gasteiger partial charge is 0.322 e. The van der Waals surface area contributed by atoms with Gasteiger partial charge in [0.25, 0.3) is 5.91 Å². The summed E-state index contributed by atoms with van der Waals surface area (Å²) in [4.78, 5) is 40.0. The molecule has 3 rings (SSSR count). The molecule has 3 amide bonds. The minimum atomic E-state index is -0.733. The molecule has 0 aromatic carbocycles. The molecule has 7 heteroatoms. The highest BCUT2D eigenvalue weighted by Crippen LogP contribution is 2.38. The van der Waals surface area contributed by atoms with E-state index < -0.39 is 11.9 Å². The van der Waals surface area contributed by atoms with E-state index >= 15 is 0 Å². The fraction of sp³-hybridized carbons (Fsp3) is 0.273. The van der Waals surface area contributed by atoms with Crippen LogP contribution in [0.15, 0.2) is 5.38 Å². The minimum Gasteiger partial charge on any atom is -0.322 e. The van der Waals surface area contributed by atoms with E-state index in [1.807, 2.05) is 0 Å². The molecule has 2 aliphatic rings. The maximum atomic E-state index is 12.1. The lowest BCUT2D eigenvalue weighted by atomic mass is 10.2. The summed E-state index contributed by atoms with van der Waals surface area (Å²) in [6.07, 6.45) is 0.00681. The summed E-state index contributed by atoms with van der Waals surface area (Å²) in [5.74, 6) is -1.06. The van der Waals surface area contributed by atoms with Crippen LogP contribution in [0.1, 0.15) is 21.7 Å². The predicted molar refractivity (Wildman–Crippen MR) is 62.0 cm³/mol. The Balaban J connectivity index is 1.93. The van der Waals surface area contributed by atoms with Crippen molar-refractivity contribution < 1.29 is 14.4 Å². The van der Waals surface area contributed by atoms with Crippen molar-refractivity contribution in [3.63, 3.8) is 0 Å². The van der Waals surface area contributed by atoms with Gasteiger partial charge >= 0.3 is 0 Å². The van der Waals surface area contributed by atoms with Crippen LogP contribution in [0.4, 0.5) is 5.69 Å². The highest BCUT2D eigenvalue weighted by molar-refractivity contribution is 7.12. The summed E-state index contributed by atoms with van der Waals surface area (Å²) in [7, 11) is 0. The number of fused-ring (bicyclic) bond motifs is 1. The molecule has 18 heavy (non-hydrogen) atoms. The normalized spacial score (nSPS) is 22.1. The van der Waals surface area contributed by atoms with Crippen LogP contribution in [0.3, 0.4) is 0 Å². The van der Waals surface area contributed by atoms with Crippen molar-refractivity contribution in [2.24, 2.45) is 0 Å². The molecule has 0 spiro atoms. The lowest BCUT2D eigenvalue weighted by Crippen LogP contribution is -2.40. The maximum absolute atomic E-state index is 12.1. The molecule has 1 saturated heterocycles. The number of carbonyl (C=O) groups excluding carboxylic acids is 3. The van der Waals surface area contributed by atoms with E-state index in [1.54, 1.807) is 5.38 Å². The number of imide groups is 1. The molecule has 3 heterocycles. The fourth-order valence-electron chi connectivity index (χ4n) is 2.22. The Labute approximate surface area is 106 Å². The topological polar surface area (TPSA) is 70.8 Å². The number of amides is 3. The first kappa shape index (κ1) is 10.9. The summed E-state index contributed by atoms with van der Waals surface area (Å²) < 4.78 is 0. The third-order valence-electron chi connectivity index (χ3n) is 3.10. The third-order valence-corrected chi connectivity index (χ3v) is 4.09. The Hall–Kier alpha value is -2.20. The zero-order valence-electron chi connectivity index (χ0n) is 9.10. The zero-order chi connectivity index (χ0) is 12.9. The Morgan fingerprint density at radius 1 is 1.44 bits per heavy atom. The minimum absolute atomic E-state index is 0.00681. The first-order valence-electron chi connectivity index (χ1n) is 5.24. The number of thiophene rings is 1. The zero-order valence-corrected chi connectivity index (χ0v) is 9.91. The lowest BCUT2D eigenvalue weighted by molar-refractivity contribution is -0.126. The molecule has 1 unspecified atom stereocenters. The number of nitrogens with one attached hydrogen (secondary N) is 1. The highest BCUT2D eigenvalue weighted by atomic mass is 32.1. The van der Waals surface area contributed by atoms with E-state index in [-0.39, 0.29) is 24.8 Å². The first-order valence-corrected chi connectivity index (χ1v) is 6.12. The Kier molecular flexibility index (Phi) is 2.21. The Morgan fingerprint density at radius 2 is 2.22 bits per heavy atom. The van der Waals surface area contributed by atoms with Gasteiger partial charge in [0.05, 0.1) is 17.9 Å². The monoisotopic (exact) mass is 261 g/mol. The molecule has 1 atom stereocenters. The van der Waals surface area contributed by atoms with Crippen molar-refractivity contribution in [3.05, 3.63) is 27.2 Å². The van der Waals surface area contributed by atoms with Crippen molar-refractivity contribution in [1.29, 1.82) is 0 Å². The van der Waals surface area contributed by atoms with Crippen LogP contribution in [-0.4, -0.2) is 28.7 Å². The molecule has 0 bridgehead atoms. The first-order chi connectivity index (χ1) is 8.61. The number of hydrogen-bond donors (Lipinski definition) is 1. The molecular weight excluding hydrogens is 254 g/mol. The van der Waals surface area contributed by atoms with E-state index in [0.29, 0.717) is 16.1 Å². The van der Waals surface area contributed by atoms with Crippen LogP contribution >= 0.6 is 11.3 Å². The SMILES string of the molecule is [C-]#[N+]c1csc2c1CN(C1CC(=O)NC1=O)C2=O. The Morgan fingerprint density at radius 3 is 2.83 bits per heavy atom. The second kappa shape index (κ2) is 3.65. The van der Waals surface area contributed by atoms with E-state index in [2.05, 4.69) is 10.2 Å². The van der Waals surface area contributed by atoms with Gasteiger partial charge in [-0.1, -0.05) is 0 Å². The number of carbonyl (C=O) groups is 3. The summed E-state index contributed by atoms with van der Waals surface area (Å²) in [5, 5.41) is 3.83. The van der Waals surface area contributed by atoms with Gasteiger partial charge in [-0.15, -0.1) is 0 Å². The lowest BCUT2D eigenvalue weighted by Gasteiger charge is -2.20. The van der Waals surface area contributed by atoms with Gasteiger partial charge in [0.2, 0.25) is 17.5 Å². The van der Waals surface area contributed by atoms with Crippen LogP contribution in [0.2, 0.25) is 0 Å². The molecule has 1 fully saturated rings. The standard InChI is InChI=1S/C11H7N3O3S/c1-12-6-4-18-9-5(6)3-14(11(9)17)7-2-8(15)13-10(7)16/h4,7H,2-3H2,(H,13,15,16). The van der Waals surface area contributed by atoms with Gasteiger partial charge in [-0.2, -0.15) is 11.3 Å². The second-order valence-electron chi connectivity index (χ2n) is 4.11. The summed E-state index contributed by atoms with van der Waals surface area (Å²) in [6, 6.07) is -0.733. The molecule has 0 radical (unpaired) electrons. The second-order valence-corrected chi connectivity index (χ2v) is 4.99. The van der Waals surface area contributed by atoms with Gasteiger partial charge in [-0.05, 0) is 5.38 Å². The third kappa shape index (κ3) is 1.36. The molecule has 6 nitrogen and oxygen atoms in total. The van der Waals surface area contributed by atoms with E-state index in [1.165, 1.54) is 16.2 Å². The van der Waals surface area contributed by atoms with Crippen LogP contribution in [0.25, 0.3) is 4.85 Å². The molecule has 0 aliphatic carbocycles. The molecule has 0 saturated carbocycles. The quantitative estimate of drug-likeness (QED) is 0.596. The molecule has 1 aromatic heterocycles. The van der Waals surface area contributed by atoms with Crippen molar-refractivity contribution in [1.82, 2.24) is 10.2 Å². The smallest absolute Gasteiger partial charge is 0.263 e. The van der Waals surface area contributed by atoms with Gasteiger partial charge in [-0.25, -0.2) is 4.85 Å². The van der Waals surface area contributed by atoms with E-state index in [9.17, 15) is 14.4 Å². The number of hydrogen-bond acceptors (Lipinski definition) is 4. The molecule has 2 aliphatic heterocycles. The summed E-state index contributed by atoms with van der Waals surface area (Å²) >= 11 is 1.21. The van der Waals surface area contributed by atoms with Gasteiger partial charge in [0.1, 0.15) is 6.04 Å². The predicted octanol–water partition coefficient (Wildman–Crippen LogP) is 0.670. The molecular formula is C11H7N3O3S. The van der Waals surface area contributed by atoms with Gasteiger partial charge in [0.15, 0.2) is 0 Å². The average Bonchev–Trinajstić information content (AvgIpc) is 2.95. The van der Waals surface area contributed by atoms with Crippen LogP contribution in [-0.2, 0) is 16.1 Å². The van der Waals surface area contributed by atoms with Crippen molar-refractivity contribution in [2.45, 2.75) is 19.0 Å². The molecule has 1 aromatic rings.